The van der Waals surface area contributed by atoms with Crippen molar-refractivity contribution in [3.63, 3.8) is 0 Å². The Morgan fingerprint density at radius 1 is 1.29 bits per heavy atom. The summed E-state index contributed by atoms with van der Waals surface area (Å²) in [5.41, 5.74) is 0. The lowest BCUT2D eigenvalue weighted by atomic mass is 10.4. The molecule has 0 spiro atoms. The minimum atomic E-state index is -0.733. The molecule has 0 saturated carbocycles. The van der Waals surface area contributed by atoms with Gasteiger partial charge in [0.25, 0.3) is 0 Å². The van der Waals surface area contributed by atoms with Gasteiger partial charge in [-0.3, -0.25) is 0 Å². The lowest BCUT2D eigenvalue weighted by Crippen LogP contribution is -2.08. The van der Waals surface area contributed by atoms with Crippen molar-refractivity contribution in [1.82, 2.24) is 0 Å². The molecule has 0 bridgehead atoms. The summed E-state index contributed by atoms with van der Waals surface area (Å²) in [6.07, 6.45) is 3.67. The van der Waals surface area contributed by atoms with Crippen molar-refractivity contribution in [2.75, 3.05) is 13.2 Å². The first kappa shape index (κ1) is 12.8. The van der Waals surface area contributed by atoms with Crippen molar-refractivity contribution in [2.45, 2.75) is 33.1 Å². The van der Waals surface area contributed by atoms with Crippen LogP contribution in [0.4, 0.5) is 0 Å². The van der Waals surface area contributed by atoms with E-state index in [1.807, 2.05) is 13.8 Å². The van der Waals surface area contributed by atoms with Gasteiger partial charge in [-0.05, 0) is 12.8 Å². The highest BCUT2D eigenvalue weighted by atomic mass is 16.5. The first-order valence-electron chi connectivity index (χ1n) is 4.90. The number of aliphatic hydroxyl groups excluding tert-OH is 1. The molecule has 0 heterocycles. The summed E-state index contributed by atoms with van der Waals surface area (Å²) in [5.74, 6) is -1.21. The predicted molar refractivity (Wildman–Crippen MR) is 52.8 cm³/mol. The van der Waals surface area contributed by atoms with Gasteiger partial charge in [0.05, 0.1) is 13.2 Å². The van der Waals surface area contributed by atoms with Crippen LogP contribution in [0.15, 0.2) is 12.0 Å². The Morgan fingerprint density at radius 2 is 2.00 bits per heavy atom. The van der Waals surface area contributed by atoms with Gasteiger partial charge in [-0.25, -0.2) is 4.79 Å². The standard InChI is InChI=1S/C10H18O4/c1-3-5-7-13-8-9(11)10(12)14-6-4-2/h8,11H,3-7H2,1-2H3. The summed E-state index contributed by atoms with van der Waals surface area (Å²) in [6.45, 7) is 4.72. The molecule has 0 amide bonds. The number of unbranched alkanes of at least 4 members (excludes halogenated alkanes) is 1. The predicted octanol–water partition coefficient (Wildman–Crippen LogP) is 2.16. The highest BCUT2D eigenvalue weighted by Crippen LogP contribution is 1.96. The van der Waals surface area contributed by atoms with Crippen molar-refractivity contribution < 1.29 is 19.4 Å². The topological polar surface area (TPSA) is 55.8 Å². The van der Waals surface area contributed by atoms with Crippen LogP contribution in [0.25, 0.3) is 0 Å². The summed E-state index contributed by atoms with van der Waals surface area (Å²) in [5, 5.41) is 9.11. The third kappa shape index (κ3) is 6.34. The van der Waals surface area contributed by atoms with E-state index in [0.29, 0.717) is 13.2 Å². The molecule has 1 N–H and O–H groups in total. The Kier molecular flexibility index (Phi) is 7.70. The highest BCUT2D eigenvalue weighted by molar-refractivity contribution is 5.85. The second-order valence-electron chi connectivity index (χ2n) is 2.86. The van der Waals surface area contributed by atoms with Gasteiger partial charge >= 0.3 is 5.97 Å². The molecule has 0 radical (unpaired) electrons. The molecule has 0 aliphatic rings. The highest BCUT2D eigenvalue weighted by Gasteiger charge is 2.08. The van der Waals surface area contributed by atoms with Crippen LogP contribution in [0, 0.1) is 0 Å². The summed E-state index contributed by atoms with van der Waals surface area (Å²) in [7, 11) is 0. The molecule has 4 heteroatoms. The van der Waals surface area contributed by atoms with E-state index in [1.165, 1.54) is 0 Å². The molecule has 0 rings (SSSR count). The lowest BCUT2D eigenvalue weighted by molar-refractivity contribution is -0.142. The summed E-state index contributed by atoms with van der Waals surface area (Å²) in [4.78, 5) is 10.9. The maximum atomic E-state index is 10.9. The minimum absolute atomic E-state index is 0.311. The van der Waals surface area contributed by atoms with E-state index >= 15 is 0 Å². The first-order valence-corrected chi connectivity index (χ1v) is 4.90. The number of hydrogen-bond acceptors (Lipinski definition) is 4. The van der Waals surface area contributed by atoms with Crippen molar-refractivity contribution >= 4 is 5.97 Å². The fourth-order valence-corrected chi connectivity index (χ4v) is 0.682. The molecule has 14 heavy (non-hydrogen) atoms. The normalized spacial score (nSPS) is 11.1. The van der Waals surface area contributed by atoms with Crippen LogP contribution >= 0.6 is 0 Å². The molecule has 0 aromatic carbocycles. The van der Waals surface area contributed by atoms with Crippen molar-refractivity contribution in [3.8, 4) is 0 Å². The number of esters is 1. The molecular weight excluding hydrogens is 184 g/mol. The van der Waals surface area contributed by atoms with E-state index in [2.05, 4.69) is 4.74 Å². The summed E-state index contributed by atoms with van der Waals surface area (Å²) in [6, 6.07) is 0. The zero-order valence-electron chi connectivity index (χ0n) is 8.78. The largest absolute Gasteiger partial charge is 0.500 e. The summed E-state index contributed by atoms with van der Waals surface area (Å²) < 4.78 is 9.60. The lowest BCUT2D eigenvalue weighted by Gasteiger charge is -2.02. The Labute approximate surface area is 84.5 Å². The SMILES string of the molecule is CCCCOC=C(O)C(=O)OCCC. The van der Waals surface area contributed by atoms with Crippen LogP contribution in [0.5, 0.6) is 0 Å². The number of carbonyl (C=O) groups excluding carboxylic acids is 1. The van der Waals surface area contributed by atoms with Crippen LogP contribution in [-0.4, -0.2) is 24.3 Å². The van der Waals surface area contributed by atoms with Crippen LogP contribution in [0.3, 0.4) is 0 Å². The molecule has 0 aromatic heterocycles. The van der Waals surface area contributed by atoms with E-state index in [-0.39, 0.29) is 0 Å². The zero-order valence-corrected chi connectivity index (χ0v) is 8.78. The number of ether oxygens (including phenoxy) is 2. The molecular formula is C10H18O4. The first-order chi connectivity index (χ1) is 6.72. The Hall–Kier alpha value is -1.19. The fourth-order valence-electron chi connectivity index (χ4n) is 0.682. The molecule has 0 aromatic rings. The van der Waals surface area contributed by atoms with Gasteiger partial charge in [0.2, 0.25) is 5.76 Å². The van der Waals surface area contributed by atoms with Crippen molar-refractivity contribution in [3.05, 3.63) is 12.0 Å². The fraction of sp³-hybridized carbons (Fsp3) is 0.700. The number of hydrogen-bond donors (Lipinski definition) is 1. The molecule has 4 nitrogen and oxygen atoms in total. The molecule has 0 unspecified atom stereocenters. The van der Waals surface area contributed by atoms with Gasteiger partial charge in [0.15, 0.2) is 0 Å². The van der Waals surface area contributed by atoms with E-state index in [9.17, 15) is 4.79 Å². The quantitative estimate of drug-likeness (QED) is 0.297. The number of aliphatic hydroxyl groups is 1. The Morgan fingerprint density at radius 3 is 2.57 bits per heavy atom. The van der Waals surface area contributed by atoms with E-state index < -0.39 is 11.7 Å². The van der Waals surface area contributed by atoms with Gasteiger partial charge < -0.3 is 14.6 Å². The third-order valence-electron chi connectivity index (χ3n) is 1.46. The summed E-state index contributed by atoms with van der Waals surface area (Å²) >= 11 is 0. The van der Waals surface area contributed by atoms with Crippen molar-refractivity contribution in [2.24, 2.45) is 0 Å². The minimum Gasteiger partial charge on any atom is -0.500 e. The number of carbonyl (C=O) groups is 1. The van der Waals surface area contributed by atoms with Gasteiger partial charge in [-0.1, -0.05) is 20.3 Å². The van der Waals surface area contributed by atoms with E-state index in [1.54, 1.807) is 0 Å². The number of rotatable bonds is 7. The second kappa shape index (κ2) is 8.41. The monoisotopic (exact) mass is 202 g/mol. The van der Waals surface area contributed by atoms with Gasteiger partial charge in [-0.2, -0.15) is 0 Å². The van der Waals surface area contributed by atoms with Crippen LogP contribution < -0.4 is 0 Å². The third-order valence-corrected chi connectivity index (χ3v) is 1.46. The molecule has 0 atom stereocenters. The molecule has 0 aliphatic heterocycles. The zero-order chi connectivity index (χ0) is 10.8. The smallest absolute Gasteiger partial charge is 0.376 e. The average molecular weight is 202 g/mol. The van der Waals surface area contributed by atoms with Gasteiger partial charge in [0.1, 0.15) is 6.26 Å². The molecule has 0 fully saturated rings. The molecule has 82 valence electrons. The molecule has 0 aliphatic carbocycles. The Balaban J connectivity index is 3.68. The Bertz CT molecular complexity index is 187. The maximum absolute atomic E-state index is 10.9. The van der Waals surface area contributed by atoms with Crippen molar-refractivity contribution in [1.29, 1.82) is 0 Å². The van der Waals surface area contributed by atoms with Crippen LogP contribution in [-0.2, 0) is 14.3 Å². The second-order valence-corrected chi connectivity index (χ2v) is 2.86. The maximum Gasteiger partial charge on any atom is 0.376 e. The van der Waals surface area contributed by atoms with Gasteiger partial charge in [-0.15, -0.1) is 0 Å². The van der Waals surface area contributed by atoms with Crippen LogP contribution in [0.2, 0.25) is 0 Å². The van der Waals surface area contributed by atoms with E-state index in [4.69, 9.17) is 9.84 Å². The average Bonchev–Trinajstić information content (AvgIpc) is 2.20. The van der Waals surface area contributed by atoms with Gasteiger partial charge in [0, 0.05) is 0 Å². The van der Waals surface area contributed by atoms with Crippen LogP contribution in [0.1, 0.15) is 33.1 Å². The van der Waals surface area contributed by atoms with E-state index in [0.717, 1.165) is 25.5 Å². The molecule has 0 saturated heterocycles.